The molecule has 0 saturated carbocycles. The summed E-state index contributed by atoms with van der Waals surface area (Å²) in [5.41, 5.74) is 0.644. The van der Waals surface area contributed by atoms with Gasteiger partial charge >= 0.3 is 6.18 Å². The van der Waals surface area contributed by atoms with Gasteiger partial charge in [-0.25, -0.2) is 8.42 Å². The summed E-state index contributed by atoms with van der Waals surface area (Å²) in [5.74, 6) is -0.629. The third-order valence-corrected chi connectivity index (χ3v) is 5.84. The van der Waals surface area contributed by atoms with Gasteiger partial charge in [0.25, 0.3) is 0 Å². The molecule has 0 heterocycles. The second-order valence-electron chi connectivity index (χ2n) is 6.93. The number of sulfonamides is 1. The van der Waals surface area contributed by atoms with Crippen LogP contribution in [0.2, 0.25) is 0 Å². The normalized spacial score (nSPS) is 11.8. The molecule has 2 rings (SSSR count). The highest BCUT2D eigenvalue weighted by atomic mass is 32.2. The molecule has 2 aromatic carbocycles. The molecule has 2 aromatic rings. The molecule has 0 aromatic heterocycles. The summed E-state index contributed by atoms with van der Waals surface area (Å²) in [5, 5.41) is 2.61. The van der Waals surface area contributed by atoms with E-state index in [-0.39, 0.29) is 12.2 Å². The molecule has 0 aliphatic rings. The van der Waals surface area contributed by atoms with Crippen LogP contribution >= 0.6 is 0 Å². The van der Waals surface area contributed by atoms with Crippen LogP contribution in [0, 0.1) is 0 Å². The first-order chi connectivity index (χ1) is 14.5. The zero-order chi connectivity index (χ0) is 23.2. The van der Waals surface area contributed by atoms with Crippen molar-refractivity contribution >= 4 is 27.3 Å². The molecule has 0 radical (unpaired) electrons. The summed E-state index contributed by atoms with van der Waals surface area (Å²) in [7, 11) is -3.98. The van der Waals surface area contributed by atoms with Crippen LogP contribution < -0.4 is 14.5 Å². The van der Waals surface area contributed by atoms with Crippen LogP contribution in [0.25, 0.3) is 0 Å². The van der Waals surface area contributed by atoms with Gasteiger partial charge in [0, 0.05) is 25.3 Å². The molecule has 0 fully saturated rings. The van der Waals surface area contributed by atoms with E-state index in [1.54, 1.807) is 0 Å². The Labute approximate surface area is 180 Å². The van der Waals surface area contributed by atoms with Crippen molar-refractivity contribution in [1.82, 2.24) is 5.32 Å². The molecule has 170 valence electrons. The van der Waals surface area contributed by atoms with Crippen molar-refractivity contribution < 1.29 is 26.4 Å². The average Bonchev–Trinajstić information content (AvgIpc) is 2.71. The van der Waals surface area contributed by atoms with Crippen molar-refractivity contribution in [3.63, 3.8) is 0 Å². The van der Waals surface area contributed by atoms with Crippen molar-refractivity contribution in [2.45, 2.75) is 26.6 Å². The fourth-order valence-electron chi connectivity index (χ4n) is 3.04. The summed E-state index contributed by atoms with van der Waals surface area (Å²) in [4.78, 5) is 14.5. The zero-order valence-electron chi connectivity index (χ0n) is 17.6. The van der Waals surface area contributed by atoms with Gasteiger partial charge in [-0.2, -0.15) is 13.2 Å². The lowest BCUT2D eigenvalue weighted by Gasteiger charge is -2.23. The van der Waals surface area contributed by atoms with E-state index in [2.05, 4.69) is 24.1 Å². The van der Waals surface area contributed by atoms with E-state index in [4.69, 9.17) is 0 Å². The fourth-order valence-corrected chi connectivity index (χ4v) is 3.89. The molecule has 1 amide bonds. The summed E-state index contributed by atoms with van der Waals surface area (Å²) in [6.07, 6.45) is -3.79. The minimum absolute atomic E-state index is 0.164. The van der Waals surface area contributed by atoms with E-state index >= 15 is 0 Å². The van der Waals surface area contributed by atoms with Gasteiger partial charge in [-0.1, -0.05) is 18.2 Å². The third-order valence-electron chi connectivity index (χ3n) is 4.70. The first-order valence-electron chi connectivity index (χ1n) is 9.71. The Hall–Kier alpha value is -2.75. The zero-order valence-corrected chi connectivity index (χ0v) is 18.4. The van der Waals surface area contributed by atoms with Gasteiger partial charge in [0.1, 0.15) is 6.54 Å². The molecule has 6 nitrogen and oxygen atoms in total. The third kappa shape index (κ3) is 6.88. The molecule has 0 aliphatic carbocycles. The number of nitrogens with one attached hydrogen (secondary N) is 1. The largest absolute Gasteiger partial charge is 0.416 e. The van der Waals surface area contributed by atoms with E-state index in [9.17, 15) is 26.4 Å². The molecular formula is C21H26F3N3O3S. The molecular weight excluding hydrogens is 431 g/mol. The molecule has 0 aliphatic heterocycles. The number of halogens is 3. The molecule has 0 bridgehead atoms. The number of anilines is 2. The number of amides is 1. The monoisotopic (exact) mass is 457 g/mol. The number of carbonyl (C=O) groups excluding carboxylic acids is 1. The quantitative estimate of drug-likeness (QED) is 0.624. The van der Waals surface area contributed by atoms with Gasteiger partial charge < -0.3 is 10.2 Å². The van der Waals surface area contributed by atoms with Gasteiger partial charge in [0.2, 0.25) is 15.9 Å². The lowest BCUT2D eigenvalue weighted by atomic mass is 10.2. The van der Waals surface area contributed by atoms with Crippen LogP contribution in [-0.4, -0.2) is 40.2 Å². The predicted octanol–water partition coefficient (Wildman–Crippen LogP) is 3.63. The predicted molar refractivity (Wildman–Crippen MR) is 115 cm³/mol. The van der Waals surface area contributed by atoms with Crippen LogP contribution in [-0.2, 0) is 27.5 Å². The second-order valence-corrected chi connectivity index (χ2v) is 8.84. The Bertz CT molecular complexity index is 989. The Morgan fingerprint density at radius 1 is 1.00 bits per heavy atom. The maximum absolute atomic E-state index is 13.0. The fraction of sp³-hybridized carbons (Fsp3) is 0.381. The van der Waals surface area contributed by atoms with Gasteiger partial charge in [0.15, 0.2) is 0 Å². The Balaban J connectivity index is 2.09. The van der Waals surface area contributed by atoms with Crippen LogP contribution in [0.1, 0.15) is 25.0 Å². The molecule has 1 N–H and O–H groups in total. The lowest BCUT2D eigenvalue weighted by molar-refractivity contribution is -0.137. The molecule has 0 saturated heterocycles. The van der Waals surface area contributed by atoms with Gasteiger partial charge in [-0.15, -0.1) is 0 Å². The summed E-state index contributed by atoms with van der Waals surface area (Å²) >= 11 is 0. The van der Waals surface area contributed by atoms with Crippen LogP contribution in [0.5, 0.6) is 0 Å². The number of carbonyl (C=O) groups is 1. The second kappa shape index (κ2) is 10.0. The molecule has 31 heavy (non-hydrogen) atoms. The Morgan fingerprint density at radius 2 is 1.61 bits per heavy atom. The molecule has 0 spiro atoms. The average molecular weight is 458 g/mol. The number of alkyl halides is 3. The van der Waals surface area contributed by atoms with Crippen molar-refractivity contribution in [3.05, 3.63) is 59.7 Å². The van der Waals surface area contributed by atoms with Crippen LogP contribution in [0.3, 0.4) is 0 Å². The first kappa shape index (κ1) is 24.5. The SMILES string of the molecule is CCN(CC)c1ccc(CNC(=O)CN(c2cccc(C(F)(F)F)c2)S(C)(=O)=O)cc1. The van der Waals surface area contributed by atoms with Gasteiger partial charge in [-0.3, -0.25) is 9.10 Å². The maximum Gasteiger partial charge on any atom is 0.416 e. The highest BCUT2D eigenvalue weighted by Crippen LogP contribution is 2.32. The lowest BCUT2D eigenvalue weighted by Crippen LogP contribution is -2.40. The number of nitrogens with zero attached hydrogens (tertiary/aromatic N) is 2. The van der Waals surface area contributed by atoms with Crippen molar-refractivity contribution in [2.24, 2.45) is 0 Å². The summed E-state index contributed by atoms with van der Waals surface area (Å²) in [6.45, 7) is 5.37. The van der Waals surface area contributed by atoms with Crippen LogP contribution in [0.15, 0.2) is 48.5 Å². The number of hydrogen-bond donors (Lipinski definition) is 1. The molecule has 10 heteroatoms. The van der Waals surface area contributed by atoms with Gasteiger partial charge in [-0.05, 0) is 49.7 Å². The number of benzene rings is 2. The summed E-state index contributed by atoms with van der Waals surface area (Å²) < 4.78 is 63.8. The van der Waals surface area contributed by atoms with E-state index in [1.807, 2.05) is 24.3 Å². The Morgan fingerprint density at radius 3 is 2.13 bits per heavy atom. The smallest absolute Gasteiger partial charge is 0.372 e. The number of hydrogen-bond acceptors (Lipinski definition) is 4. The van der Waals surface area contributed by atoms with E-state index in [0.717, 1.165) is 42.7 Å². The van der Waals surface area contributed by atoms with Gasteiger partial charge in [0.05, 0.1) is 17.5 Å². The van der Waals surface area contributed by atoms with Crippen molar-refractivity contribution in [3.8, 4) is 0 Å². The first-order valence-corrected chi connectivity index (χ1v) is 11.6. The van der Waals surface area contributed by atoms with Crippen molar-refractivity contribution in [2.75, 3.05) is 35.1 Å². The van der Waals surface area contributed by atoms with E-state index < -0.39 is 34.2 Å². The minimum atomic E-state index is -4.63. The van der Waals surface area contributed by atoms with E-state index in [0.29, 0.717) is 10.4 Å². The minimum Gasteiger partial charge on any atom is -0.372 e. The topological polar surface area (TPSA) is 69.7 Å². The highest BCUT2D eigenvalue weighted by molar-refractivity contribution is 7.92. The van der Waals surface area contributed by atoms with Crippen LogP contribution in [0.4, 0.5) is 24.5 Å². The maximum atomic E-state index is 13.0. The summed E-state index contributed by atoms with van der Waals surface area (Å²) in [6, 6.07) is 11.4. The van der Waals surface area contributed by atoms with E-state index in [1.165, 1.54) is 6.07 Å². The van der Waals surface area contributed by atoms with Crippen molar-refractivity contribution in [1.29, 1.82) is 0 Å². The highest BCUT2D eigenvalue weighted by Gasteiger charge is 2.32. The number of rotatable bonds is 9. The Kier molecular flexibility index (Phi) is 7.94. The standard InChI is InChI=1S/C21H26F3N3O3S/c1-4-26(5-2)18-11-9-16(10-12-18)14-25-20(28)15-27(31(3,29)30)19-8-6-7-17(13-19)21(22,23)24/h6-13H,4-5,14-15H2,1-3H3,(H,25,28). The molecule has 0 atom stereocenters. The molecule has 0 unspecified atom stereocenters.